The standard InChI is InChI=1S/C23H23F3N4O2S/c24-17-6-8-18(9-7-17)30-21(14-29-12-2-1-3-13-29)27-28-23(30)33-15-20(31)16-4-10-19(11-5-16)32-22(25)26/h4-11,22H,1-3,12-15H2. The molecule has 0 atom stereocenters. The van der Waals surface area contributed by atoms with Crippen molar-refractivity contribution in [2.75, 3.05) is 18.8 Å². The fraction of sp³-hybridized carbons (Fsp3) is 0.348. The summed E-state index contributed by atoms with van der Waals surface area (Å²) in [6, 6.07) is 11.6. The number of nitrogens with zero attached hydrogens (tertiary/aromatic N) is 4. The number of ketones is 1. The molecule has 0 radical (unpaired) electrons. The fourth-order valence-corrected chi connectivity index (χ4v) is 4.56. The van der Waals surface area contributed by atoms with Crippen LogP contribution in [0.5, 0.6) is 5.75 Å². The molecule has 6 nitrogen and oxygen atoms in total. The van der Waals surface area contributed by atoms with Crippen LogP contribution < -0.4 is 4.74 Å². The first kappa shape index (κ1) is 23.3. The van der Waals surface area contributed by atoms with E-state index >= 15 is 0 Å². The Morgan fingerprint density at radius 2 is 1.70 bits per heavy atom. The number of hydrogen-bond acceptors (Lipinski definition) is 6. The van der Waals surface area contributed by atoms with Crippen molar-refractivity contribution in [2.45, 2.75) is 37.6 Å². The summed E-state index contributed by atoms with van der Waals surface area (Å²) in [6.45, 7) is -0.325. The molecule has 174 valence electrons. The lowest BCUT2D eigenvalue weighted by Gasteiger charge is -2.26. The molecule has 0 amide bonds. The van der Waals surface area contributed by atoms with Crippen LogP contribution >= 0.6 is 11.8 Å². The summed E-state index contributed by atoms with van der Waals surface area (Å²) in [6.07, 6.45) is 3.50. The summed E-state index contributed by atoms with van der Waals surface area (Å²) in [5.41, 5.74) is 1.10. The molecule has 2 aromatic carbocycles. The van der Waals surface area contributed by atoms with Gasteiger partial charge in [-0.15, -0.1) is 10.2 Å². The molecule has 1 saturated heterocycles. The van der Waals surface area contributed by atoms with Gasteiger partial charge in [-0.25, -0.2) is 4.39 Å². The van der Waals surface area contributed by atoms with E-state index in [0.717, 1.165) is 37.4 Å². The molecular weight excluding hydrogens is 453 g/mol. The van der Waals surface area contributed by atoms with E-state index in [0.29, 0.717) is 17.3 Å². The zero-order valence-electron chi connectivity index (χ0n) is 17.8. The second-order valence-corrected chi connectivity index (χ2v) is 8.60. The summed E-state index contributed by atoms with van der Waals surface area (Å²) < 4.78 is 44.3. The Hall–Kier alpha value is -2.85. The van der Waals surface area contributed by atoms with Crippen molar-refractivity contribution in [3.63, 3.8) is 0 Å². The van der Waals surface area contributed by atoms with Crippen LogP contribution in [-0.2, 0) is 6.54 Å². The molecule has 0 N–H and O–H groups in total. The highest BCUT2D eigenvalue weighted by Gasteiger charge is 2.20. The van der Waals surface area contributed by atoms with E-state index in [1.54, 1.807) is 12.1 Å². The molecule has 4 rings (SSSR count). The number of carbonyl (C=O) groups is 1. The Labute approximate surface area is 193 Å². The number of Topliss-reactive ketones (excluding diaryl/α,β-unsaturated/α-hetero) is 1. The first-order chi connectivity index (χ1) is 16.0. The van der Waals surface area contributed by atoms with Crippen molar-refractivity contribution in [1.82, 2.24) is 19.7 Å². The summed E-state index contributed by atoms with van der Waals surface area (Å²) in [4.78, 5) is 15.0. The molecule has 10 heteroatoms. The zero-order chi connectivity index (χ0) is 23.2. The van der Waals surface area contributed by atoms with Gasteiger partial charge in [0.15, 0.2) is 16.8 Å². The van der Waals surface area contributed by atoms with Gasteiger partial charge in [0.1, 0.15) is 11.6 Å². The van der Waals surface area contributed by atoms with Crippen LogP contribution in [0, 0.1) is 5.82 Å². The van der Waals surface area contributed by atoms with E-state index in [9.17, 15) is 18.0 Å². The number of halogens is 3. The van der Waals surface area contributed by atoms with Crippen LogP contribution in [0.25, 0.3) is 5.69 Å². The average Bonchev–Trinajstić information content (AvgIpc) is 3.21. The van der Waals surface area contributed by atoms with Gasteiger partial charge >= 0.3 is 6.61 Å². The third-order valence-corrected chi connectivity index (χ3v) is 6.26. The highest BCUT2D eigenvalue weighted by molar-refractivity contribution is 7.99. The van der Waals surface area contributed by atoms with Crippen molar-refractivity contribution in [3.05, 3.63) is 65.7 Å². The third-order valence-electron chi connectivity index (χ3n) is 5.33. The van der Waals surface area contributed by atoms with E-state index in [-0.39, 0.29) is 23.1 Å². The van der Waals surface area contributed by atoms with Crippen LogP contribution in [0.2, 0.25) is 0 Å². The third kappa shape index (κ3) is 6.14. The molecular formula is C23H23F3N4O2S. The number of likely N-dealkylation sites (tertiary alicyclic amines) is 1. The SMILES string of the molecule is O=C(CSc1nnc(CN2CCCCC2)n1-c1ccc(F)cc1)c1ccc(OC(F)F)cc1. The highest BCUT2D eigenvalue weighted by atomic mass is 32.2. The van der Waals surface area contributed by atoms with Crippen molar-refractivity contribution < 1.29 is 22.7 Å². The van der Waals surface area contributed by atoms with Gasteiger partial charge in [-0.1, -0.05) is 18.2 Å². The first-order valence-corrected chi connectivity index (χ1v) is 11.6. The number of ether oxygens (including phenoxy) is 1. The number of carbonyl (C=O) groups excluding carboxylic acids is 1. The lowest BCUT2D eigenvalue weighted by atomic mass is 10.1. The number of hydrogen-bond donors (Lipinski definition) is 0. The van der Waals surface area contributed by atoms with Crippen LogP contribution in [0.3, 0.4) is 0 Å². The second kappa shape index (κ2) is 10.8. The van der Waals surface area contributed by atoms with Crippen molar-refractivity contribution in [3.8, 4) is 11.4 Å². The van der Waals surface area contributed by atoms with Crippen LogP contribution in [0.15, 0.2) is 53.7 Å². The van der Waals surface area contributed by atoms with E-state index < -0.39 is 6.61 Å². The van der Waals surface area contributed by atoms with E-state index in [4.69, 9.17) is 0 Å². The molecule has 0 spiro atoms. The molecule has 1 aliphatic heterocycles. The van der Waals surface area contributed by atoms with E-state index in [1.807, 2.05) is 4.57 Å². The Kier molecular flexibility index (Phi) is 7.66. The number of piperidine rings is 1. The average molecular weight is 477 g/mol. The molecule has 1 fully saturated rings. The summed E-state index contributed by atoms with van der Waals surface area (Å²) in [5, 5.41) is 9.18. The molecule has 0 bridgehead atoms. The summed E-state index contributed by atoms with van der Waals surface area (Å²) in [5.74, 6) is 0.278. The van der Waals surface area contributed by atoms with E-state index in [1.165, 1.54) is 54.6 Å². The van der Waals surface area contributed by atoms with Crippen LogP contribution in [0.4, 0.5) is 13.2 Å². The lowest BCUT2D eigenvalue weighted by molar-refractivity contribution is -0.0498. The number of thioether (sulfide) groups is 1. The van der Waals surface area contributed by atoms with Gasteiger partial charge in [0.25, 0.3) is 0 Å². The second-order valence-electron chi connectivity index (χ2n) is 7.66. The zero-order valence-corrected chi connectivity index (χ0v) is 18.6. The minimum absolute atomic E-state index is 0.00684. The summed E-state index contributed by atoms with van der Waals surface area (Å²) in [7, 11) is 0. The maximum atomic E-state index is 13.5. The molecule has 2 heterocycles. The van der Waals surface area contributed by atoms with Crippen molar-refractivity contribution in [2.24, 2.45) is 0 Å². The van der Waals surface area contributed by atoms with Crippen LogP contribution in [-0.4, -0.2) is 50.9 Å². The Bertz CT molecular complexity index is 1070. The summed E-state index contributed by atoms with van der Waals surface area (Å²) >= 11 is 1.22. The molecule has 33 heavy (non-hydrogen) atoms. The monoisotopic (exact) mass is 476 g/mol. The van der Waals surface area contributed by atoms with Gasteiger partial charge < -0.3 is 4.74 Å². The lowest BCUT2D eigenvalue weighted by Crippen LogP contribution is -2.30. The fourth-order valence-electron chi connectivity index (χ4n) is 3.70. The quantitative estimate of drug-likeness (QED) is 0.321. The smallest absolute Gasteiger partial charge is 0.387 e. The maximum Gasteiger partial charge on any atom is 0.387 e. The number of benzene rings is 2. The number of rotatable bonds is 9. The Balaban J connectivity index is 1.50. The van der Waals surface area contributed by atoms with Gasteiger partial charge in [0, 0.05) is 11.3 Å². The van der Waals surface area contributed by atoms with Crippen LogP contribution in [0.1, 0.15) is 35.4 Å². The van der Waals surface area contributed by atoms with Gasteiger partial charge in [0.2, 0.25) is 0 Å². The molecule has 0 unspecified atom stereocenters. The highest BCUT2D eigenvalue weighted by Crippen LogP contribution is 2.25. The van der Waals surface area contributed by atoms with Gasteiger partial charge in [-0.2, -0.15) is 8.78 Å². The Morgan fingerprint density at radius 3 is 2.36 bits per heavy atom. The first-order valence-electron chi connectivity index (χ1n) is 10.6. The topological polar surface area (TPSA) is 60.2 Å². The van der Waals surface area contributed by atoms with Gasteiger partial charge in [-0.3, -0.25) is 14.3 Å². The predicted molar refractivity (Wildman–Crippen MR) is 119 cm³/mol. The minimum atomic E-state index is -2.92. The van der Waals surface area contributed by atoms with Crippen molar-refractivity contribution >= 4 is 17.5 Å². The normalized spacial score (nSPS) is 14.5. The molecule has 3 aromatic rings. The Morgan fingerprint density at radius 1 is 1.00 bits per heavy atom. The van der Waals surface area contributed by atoms with E-state index in [2.05, 4.69) is 19.8 Å². The number of alkyl halides is 2. The molecule has 0 saturated carbocycles. The number of aromatic nitrogens is 3. The predicted octanol–water partition coefficient (Wildman–Crippen LogP) is 4.97. The maximum absolute atomic E-state index is 13.5. The van der Waals surface area contributed by atoms with Crippen molar-refractivity contribution in [1.29, 1.82) is 0 Å². The largest absolute Gasteiger partial charge is 0.435 e. The molecule has 1 aliphatic rings. The minimum Gasteiger partial charge on any atom is -0.435 e. The van der Waals surface area contributed by atoms with Gasteiger partial charge in [0.05, 0.1) is 12.3 Å². The molecule has 1 aromatic heterocycles. The van der Waals surface area contributed by atoms with Gasteiger partial charge in [-0.05, 0) is 74.5 Å². The molecule has 0 aliphatic carbocycles.